The maximum absolute atomic E-state index is 5.39. The topological polar surface area (TPSA) is 61.3 Å². The van der Waals surface area contributed by atoms with E-state index in [4.69, 9.17) is 14.9 Å². The fourth-order valence-corrected chi connectivity index (χ4v) is 1.44. The minimum Gasteiger partial charge on any atom is -0.496 e. The molecule has 2 aromatic rings. The number of nitrogen functional groups attached to an aromatic ring is 1. The highest BCUT2D eigenvalue weighted by Crippen LogP contribution is 2.21. The van der Waals surface area contributed by atoms with E-state index in [0.29, 0.717) is 6.42 Å². The van der Waals surface area contributed by atoms with Gasteiger partial charge in [0.25, 0.3) is 6.01 Å². The van der Waals surface area contributed by atoms with Gasteiger partial charge in [0, 0.05) is 12.0 Å². The van der Waals surface area contributed by atoms with Gasteiger partial charge in [-0.3, -0.25) is 0 Å². The summed E-state index contributed by atoms with van der Waals surface area (Å²) < 4.78 is 10.4. The molecule has 0 saturated heterocycles. The van der Waals surface area contributed by atoms with Crippen molar-refractivity contribution < 1.29 is 9.15 Å². The van der Waals surface area contributed by atoms with Crippen molar-refractivity contribution in [2.45, 2.75) is 6.42 Å². The molecule has 2 N–H and O–H groups in total. The summed E-state index contributed by atoms with van der Waals surface area (Å²) in [7, 11) is 1.65. The first-order valence-electron chi connectivity index (χ1n) is 4.61. The van der Waals surface area contributed by atoms with Gasteiger partial charge in [0.05, 0.1) is 13.3 Å². The van der Waals surface area contributed by atoms with E-state index in [-0.39, 0.29) is 6.01 Å². The summed E-state index contributed by atoms with van der Waals surface area (Å²) in [5.41, 5.74) is 6.45. The number of para-hydroxylation sites is 1. The van der Waals surface area contributed by atoms with Gasteiger partial charge in [-0.05, 0) is 6.07 Å². The van der Waals surface area contributed by atoms with E-state index in [1.807, 2.05) is 24.3 Å². The molecule has 0 aliphatic rings. The Bertz CT molecular complexity index is 451. The van der Waals surface area contributed by atoms with Gasteiger partial charge in [0.2, 0.25) is 0 Å². The zero-order valence-electron chi connectivity index (χ0n) is 8.43. The van der Waals surface area contributed by atoms with Crippen LogP contribution in [0, 0.1) is 0 Å². The number of oxazole rings is 1. The number of nitrogens with zero attached hydrogens (tertiary/aromatic N) is 1. The molecule has 1 aromatic carbocycles. The molecule has 1 heterocycles. The molecule has 0 bridgehead atoms. The average Bonchev–Trinajstić information content (AvgIpc) is 2.65. The van der Waals surface area contributed by atoms with Crippen LogP contribution in [0.3, 0.4) is 0 Å². The van der Waals surface area contributed by atoms with Crippen molar-refractivity contribution in [3.63, 3.8) is 0 Å². The van der Waals surface area contributed by atoms with Crippen molar-refractivity contribution in [1.82, 2.24) is 4.98 Å². The van der Waals surface area contributed by atoms with Crippen LogP contribution < -0.4 is 10.5 Å². The standard InChI is InChI=1S/C11H12N2O2/c1-14-10-5-3-2-4-8(10)6-9-7-13-11(12)15-9/h2-5,7H,6H2,1H3,(H2,12,13). The predicted molar refractivity (Wildman–Crippen MR) is 56.7 cm³/mol. The summed E-state index contributed by atoms with van der Waals surface area (Å²) >= 11 is 0. The van der Waals surface area contributed by atoms with Crippen molar-refractivity contribution >= 4 is 6.01 Å². The SMILES string of the molecule is COc1ccccc1Cc1cnc(N)o1. The van der Waals surface area contributed by atoms with Gasteiger partial charge in [-0.25, -0.2) is 4.98 Å². The molecule has 0 fully saturated rings. The number of benzene rings is 1. The molecule has 0 amide bonds. The van der Waals surface area contributed by atoms with Crippen molar-refractivity contribution in [2.24, 2.45) is 0 Å². The van der Waals surface area contributed by atoms with Gasteiger partial charge in [0.15, 0.2) is 0 Å². The van der Waals surface area contributed by atoms with Crippen LogP contribution >= 0.6 is 0 Å². The van der Waals surface area contributed by atoms with E-state index in [0.717, 1.165) is 17.1 Å². The number of hydrogen-bond donors (Lipinski definition) is 1. The third kappa shape index (κ3) is 2.10. The number of nitrogens with two attached hydrogens (primary N) is 1. The number of ether oxygens (including phenoxy) is 1. The van der Waals surface area contributed by atoms with Crippen molar-refractivity contribution in [3.8, 4) is 5.75 Å². The van der Waals surface area contributed by atoms with Crippen LogP contribution in [0.15, 0.2) is 34.9 Å². The Labute approximate surface area is 87.7 Å². The Balaban J connectivity index is 2.23. The van der Waals surface area contributed by atoms with Crippen LogP contribution in [0.2, 0.25) is 0 Å². The van der Waals surface area contributed by atoms with Crippen LogP contribution in [0.4, 0.5) is 6.01 Å². The maximum Gasteiger partial charge on any atom is 0.292 e. The van der Waals surface area contributed by atoms with Crippen LogP contribution in [-0.4, -0.2) is 12.1 Å². The van der Waals surface area contributed by atoms with E-state index >= 15 is 0 Å². The summed E-state index contributed by atoms with van der Waals surface area (Å²) in [5.74, 6) is 1.57. The minimum atomic E-state index is 0.194. The van der Waals surface area contributed by atoms with E-state index in [2.05, 4.69) is 4.98 Å². The third-order valence-electron chi connectivity index (χ3n) is 2.13. The maximum atomic E-state index is 5.39. The highest BCUT2D eigenvalue weighted by Gasteiger charge is 2.06. The summed E-state index contributed by atoms with van der Waals surface area (Å²) in [6.45, 7) is 0. The lowest BCUT2D eigenvalue weighted by Gasteiger charge is -2.05. The van der Waals surface area contributed by atoms with Crippen molar-refractivity contribution in [3.05, 3.63) is 41.8 Å². The minimum absolute atomic E-state index is 0.194. The second-order valence-corrected chi connectivity index (χ2v) is 3.15. The smallest absolute Gasteiger partial charge is 0.292 e. The van der Waals surface area contributed by atoms with E-state index in [9.17, 15) is 0 Å². The number of aromatic nitrogens is 1. The second-order valence-electron chi connectivity index (χ2n) is 3.15. The van der Waals surface area contributed by atoms with Gasteiger partial charge < -0.3 is 14.9 Å². The molecule has 78 valence electrons. The first-order valence-corrected chi connectivity index (χ1v) is 4.61. The Morgan fingerprint density at radius 1 is 1.40 bits per heavy atom. The van der Waals surface area contributed by atoms with E-state index < -0.39 is 0 Å². The van der Waals surface area contributed by atoms with Gasteiger partial charge in [0.1, 0.15) is 11.5 Å². The molecule has 0 atom stereocenters. The molecule has 0 spiro atoms. The number of methoxy groups -OCH3 is 1. The van der Waals surface area contributed by atoms with Gasteiger partial charge in [-0.1, -0.05) is 18.2 Å². The molecule has 0 aliphatic heterocycles. The lowest BCUT2D eigenvalue weighted by Crippen LogP contribution is -1.92. The largest absolute Gasteiger partial charge is 0.496 e. The lowest BCUT2D eigenvalue weighted by molar-refractivity contribution is 0.409. The summed E-state index contributed by atoms with van der Waals surface area (Å²) in [4.78, 5) is 3.84. The Kier molecular flexibility index (Phi) is 2.58. The van der Waals surface area contributed by atoms with E-state index in [1.54, 1.807) is 13.3 Å². The highest BCUT2D eigenvalue weighted by atomic mass is 16.5. The van der Waals surface area contributed by atoms with Gasteiger partial charge in [-0.2, -0.15) is 0 Å². The molecule has 0 saturated carbocycles. The predicted octanol–water partition coefficient (Wildman–Crippen LogP) is 1.86. The van der Waals surface area contributed by atoms with Gasteiger partial charge in [-0.15, -0.1) is 0 Å². The highest BCUT2D eigenvalue weighted by molar-refractivity contribution is 5.35. The molecular formula is C11H12N2O2. The molecular weight excluding hydrogens is 192 g/mol. The second kappa shape index (κ2) is 4.04. The quantitative estimate of drug-likeness (QED) is 0.828. The molecule has 15 heavy (non-hydrogen) atoms. The number of rotatable bonds is 3. The van der Waals surface area contributed by atoms with Crippen LogP contribution in [0.1, 0.15) is 11.3 Å². The molecule has 4 heteroatoms. The summed E-state index contributed by atoms with van der Waals surface area (Å²) in [6, 6.07) is 7.97. The molecule has 0 aliphatic carbocycles. The van der Waals surface area contributed by atoms with Crippen LogP contribution in [-0.2, 0) is 6.42 Å². The van der Waals surface area contributed by atoms with Gasteiger partial charge >= 0.3 is 0 Å². The summed E-state index contributed by atoms with van der Waals surface area (Å²) in [5, 5.41) is 0. The lowest BCUT2D eigenvalue weighted by atomic mass is 10.1. The average molecular weight is 204 g/mol. The third-order valence-corrected chi connectivity index (χ3v) is 2.13. The molecule has 2 rings (SSSR count). The molecule has 0 unspecified atom stereocenters. The molecule has 1 aromatic heterocycles. The zero-order valence-corrected chi connectivity index (χ0v) is 8.43. The normalized spacial score (nSPS) is 10.2. The molecule has 0 radical (unpaired) electrons. The van der Waals surface area contributed by atoms with E-state index in [1.165, 1.54) is 0 Å². The summed E-state index contributed by atoms with van der Waals surface area (Å²) in [6.07, 6.45) is 2.26. The van der Waals surface area contributed by atoms with Crippen molar-refractivity contribution in [1.29, 1.82) is 0 Å². The fraction of sp³-hybridized carbons (Fsp3) is 0.182. The Morgan fingerprint density at radius 2 is 2.20 bits per heavy atom. The zero-order chi connectivity index (χ0) is 10.7. The van der Waals surface area contributed by atoms with Crippen molar-refractivity contribution in [2.75, 3.05) is 12.8 Å². The van der Waals surface area contributed by atoms with Crippen LogP contribution in [0.25, 0.3) is 0 Å². The first-order chi connectivity index (χ1) is 7.29. The monoisotopic (exact) mass is 204 g/mol. The Morgan fingerprint density at radius 3 is 2.87 bits per heavy atom. The number of hydrogen-bond acceptors (Lipinski definition) is 4. The Hall–Kier alpha value is -1.97. The fourth-order valence-electron chi connectivity index (χ4n) is 1.44. The van der Waals surface area contributed by atoms with Crippen LogP contribution in [0.5, 0.6) is 5.75 Å². The number of anilines is 1. The molecule has 4 nitrogen and oxygen atoms in total. The first kappa shape index (κ1) is 9.58.